The number of hydrogen-bond donors (Lipinski definition) is 0. The topological polar surface area (TPSA) is 49.2 Å². The Labute approximate surface area is 175 Å². The Balaban J connectivity index is 1.67. The average Bonchev–Trinajstić information content (AvgIpc) is 3.26. The largest absolute Gasteiger partial charge is 0.497 e. The van der Waals surface area contributed by atoms with Gasteiger partial charge in [0.1, 0.15) is 22.3 Å². The number of hydrogen-bond acceptors (Lipinski definition) is 4. The summed E-state index contributed by atoms with van der Waals surface area (Å²) < 4.78 is 13.9. The Bertz CT molecular complexity index is 986. The van der Waals surface area contributed by atoms with E-state index in [9.17, 15) is 0 Å². The third-order valence-corrected chi connectivity index (χ3v) is 6.24. The van der Waals surface area contributed by atoms with Crippen molar-refractivity contribution in [2.24, 2.45) is 0 Å². The zero-order chi connectivity index (χ0) is 19.1. The lowest BCUT2D eigenvalue weighted by molar-refractivity contribution is 0.392. The maximum absolute atomic E-state index is 6.27. The van der Waals surface area contributed by atoms with Gasteiger partial charge in [0.2, 0.25) is 5.28 Å². The van der Waals surface area contributed by atoms with E-state index >= 15 is 0 Å². The molecule has 0 amide bonds. The molecule has 2 heterocycles. The van der Waals surface area contributed by atoms with Gasteiger partial charge in [0.05, 0.1) is 19.6 Å². The summed E-state index contributed by atoms with van der Waals surface area (Å²) in [6.07, 6.45) is 5.14. The van der Waals surface area contributed by atoms with Crippen molar-refractivity contribution in [1.29, 1.82) is 0 Å². The van der Waals surface area contributed by atoms with E-state index in [2.05, 4.69) is 42.6 Å². The van der Waals surface area contributed by atoms with Gasteiger partial charge in [0.15, 0.2) is 0 Å². The van der Waals surface area contributed by atoms with Gasteiger partial charge in [-0.3, -0.25) is 0 Å². The lowest BCUT2D eigenvalue weighted by Gasteiger charge is -2.16. The summed E-state index contributed by atoms with van der Waals surface area (Å²) in [4.78, 5) is 8.47. The number of fused-ring (bicyclic) bond motifs is 1. The zero-order valence-corrected chi connectivity index (χ0v) is 18.0. The molecule has 2 unspecified atom stereocenters. The summed E-state index contributed by atoms with van der Waals surface area (Å²) in [5.74, 6) is 2.05. The lowest BCUT2D eigenvalue weighted by atomic mass is 9.97. The first-order chi connectivity index (χ1) is 13.0. The van der Waals surface area contributed by atoms with Gasteiger partial charge in [0.25, 0.3) is 0 Å². The Kier molecular flexibility index (Phi) is 5.23. The van der Waals surface area contributed by atoms with E-state index in [0.717, 1.165) is 46.3 Å². The van der Waals surface area contributed by atoms with Crippen molar-refractivity contribution in [2.45, 2.75) is 31.2 Å². The van der Waals surface area contributed by atoms with Gasteiger partial charge in [-0.2, -0.15) is 4.98 Å². The monoisotopic (exact) mass is 469 g/mol. The summed E-state index contributed by atoms with van der Waals surface area (Å²) in [5.41, 5.74) is 2.00. The molecule has 1 aliphatic rings. The molecule has 8 heteroatoms. The van der Waals surface area contributed by atoms with Crippen LogP contribution in [0, 0.1) is 0 Å². The van der Waals surface area contributed by atoms with Crippen molar-refractivity contribution in [3.8, 4) is 11.5 Å². The zero-order valence-electron chi connectivity index (χ0n) is 14.9. The molecule has 142 valence electrons. The van der Waals surface area contributed by atoms with Crippen LogP contribution in [-0.2, 0) is 0 Å². The van der Waals surface area contributed by atoms with Gasteiger partial charge in [0, 0.05) is 22.8 Å². The van der Waals surface area contributed by atoms with Crippen LogP contribution in [0.25, 0.3) is 11.0 Å². The van der Waals surface area contributed by atoms with E-state index in [0.29, 0.717) is 17.1 Å². The maximum Gasteiger partial charge on any atom is 0.225 e. The van der Waals surface area contributed by atoms with Gasteiger partial charge in [-0.1, -0.05) is 11.6 Å². The minimum absolute atomic E-state index is 0.159. The normalized spacial score (nSPS) is 19.6. The summed E-state index contributed by atoms with van der Waals surface area (Å²) in [5, 5.41) is 1.32. The second kappa shape index (κ2) is 7.49. The highest BCUT2D eigenvalue weighted by Crippen LogP contribution is 2.45. The molecule has 4 rings (SSSR count). The molecule has 0 bridgehead atoms. The molecule has 0 N–H and O–H groups in total. The minimum atomic E-state index is 0.159. The fourth-order valence-corrected chi connectivity index (χ4v) is 5.07. The summed E-state index contributed by atoms with van der Waals surface area (Å²) in [6, 6.07) is 6.39. The molecule has 27 heavy (non-hydrogen) atoms. The molecular formula is C19H18BrCl2N3O2. The first-order valence-electron chi connectivity index (χ1n) is 8.62. The van der Waals surface area contributed by atoms with Gasteiger partial charge < -0.3 is 14.0 Å². The highest BCUT2D eigenvalue weighted by Gasteiger charge is 2.30. The third-order valence-electron chi connectivity index (χ3n) is 5.20. The fraction of sp³-hybridized carbons (Fsp3) is 0.368. The van der Waals surface area contributed by atoms with Crippen molar-refractivity contribution >= 4 is 50.2 Å². The quantitative estimate of drug-likeness (QED) is 0.345. The molecule has 0 radical (unpaired) electrons. The Morgan fingerprint density at radius 2 is 1.78 bits per heavy atom. The SMILES string of the molecule is COc1cc(OC)cc(C2CCC(n3cc(Br)c4c(Cl)nc(Cl)nc43)C2)c1. The number of benzene rings is 1. The number of rotatable bonds is 4. The molecule has 1 saturated carbocycles. The molecule has 2 atom stereocenters. The van der Waals surface area contributed by atoms with Crippen LogP contribution in [0.15, 0.2) is 28.9 Å². The first kappa shape index (κ1) is 18.8. The number of methoxy groups -OCH3 is 2. The summed E-state index contributed by atoms with van der Waals surface area (Å²) in [7, 11) is 3.35. The van der Waals surface area contributed by atoms with Crippen LogP contribution in [0.4, 0.5) is 0 Å². The Morgan fingerprint density at radius 1 is 1.07 bits per heavy atom. The molecule has 0 spiro atoms. The van der Waals surface area contributed by atoms with Gasteiger partial charge in [-0.25, -0.2) is 4.98 Å². The van der Waals surface area contributed by atoms with Crippen molar-refractivity contribution < 1.29 is 9.47 Å². The van der Waals surface area contributed by atoms with Crippen molar-refractivity contribution in [3.05, 3.63) is 44.9 Å². The highest BCUT2D eigenvalue weighted by atomic mass is 79.9. The lowest BCUT2D eigenvalue weighted by Crippen LogP contribution is -2.05. The van der Waals surface area contributed by atoms with Crippen LogP contribution in [-0.4, -0.2) is 28.8 Å². The Hall–Kier alpha value is -1.50. The summed E-state index contributed by atoms with van der Waals surface area (Å²) in [6.45, 7) is 0. The number of nitrogens with zero attached hydrogens (tertiary/aromatic N) is 3. The van der Waals surface area contributed by atoms with E-state index in [1.54, 1.807) is 14.2 Å². The minimum Gasteiger partial charge on any atom is -0.497 e. The number of aromatic nitrogens is 3. The predicted octanol–water partition coefficient (Wildman–Crippen LogP) is 6.03. The number of halogens is 3. The first-order valence-corrected chi connectivity index (χ1v) is 10.2. The summed E-state index contributed by atoms with van der Waals surface area (Å²) >= 11 is 15.9. The highest BCUT2D eigenvalue weighted by molar-refractivity contribution is 9.10. The second-order valence-corrected chi connectivity index (χ2v) is 8.23. The predicted molar refractivity (Wildman–Crippen MR) is 110 cm³/mol. The van der Waals surface area contributed by atoms with E-state index in [1.807, 2.05) is 12.3 Å². The molecule has 1 aliphatic carbocycles. The van der Waals surface area contributed by atoms with Gasteiger partial charge in [-0.05, 0) is 70.4 Å². The third kappa shape index (κ3) is 3.50. The van der Waals surface area contributed by atoms with Crippen molar-refractivity contribution in [3.63, 3.8) is 0 Å². The van der Waals surface area contributed by atoms with Gasteiger partial charge >= 0.3 is 0 Å². The molecular weight excluding hydrogens is 453 g/mol. The molecule has 0 saturated heterocycles. The van der Waals surface area contributed by atoms with Crippen LogP contribution in [0.3, 0.4) is 0 Å². The average molecular weight is 471 g/mol. The van der Waals surface area contributed by atoms with Crippen LogP contribution < -0.4 is 9.47 Å². The molecule has 1 fully saturated rings. The van der Waals surface area contributed by atoms with Crippen LogP contribution in [0.1, 0.15) is 36.8 Å². The fourth-order valence-electron chi connectivity index (χ4n) is 3.89. The van der Waals surface area contributed by atoms with E-state index in [4.69, 9.17) is 32.7 Å². The maximum atomic E-state index is 6.27. The molecule has 0 aliphatic heterocycles. The molecule has 2 aromatic heterocycles. The Morgan fingerprint density at radius 3 is 2.44 bits per heavy atom. The second-order valence-electron chi connectivity index (χ2n) is 6.68. The molecule has 5 nitrogen and oxygen atoms in total. The number of ether oxygens (including phenoxy) is 2. The van der Waals surface area contributed by atoms with Gasteiger partial charge in [-0.15, -0.1) is 0 Å². The molecule has 3 aromatic rings. The molecule has 1 aromatic carbocycles. The van der Waals surface area contributed by atoms with E-state index in [-0.39, 0.29) is 5.28 Å². The smallest absolute Gasteiger partial charge is 0.225 e. The van der Waals surface area contributed by atoms with Crippen molar-refractivity contribution in [2.75, 3.05) is 14.2 Å². The van der Waals surface area contributed by atoms with E-state index in [1.165, 1.54) is 5.56 Å². The standard InChI is InChI=1S/C19H18BrCl2N3O2/c1-26-13-6-11(7-14(8-13)27-2)10-3-4-12(5-10)25-9-15(20)16-17(21)23-19(22)24-18(16)25/h6-10,12H,3-5H2,1-2H3. The van der Waals surface area contributed by atoms with Crippen LogP contribution in [0.2, 0.25) is 10.4 Å². The van der Waals surface area contributed by atoms with Crippen LogP contribution in [0.5, 0.6) is 11.5 Å². The van der Waals surface area contributed by atoms with E-state index < -0.39 is 0 Å². The van der Waals surface area contributed by atoms with Crippen molar-refractivity contribution in [1.82, 2.24) is 14.5 Å². The van der Waals surface area contributed by atoms with Crippen LogP contribution >= 0.6 is 39.1 Å².